The second-order valence-corrected chi connectivity index (χ2v) is 4.08. The van der Waals surface area contributed by atoms with Crippen LogP contribution in [0.15, 0.2) is 23.2 Å². The molecule has 4 heteroatoms. The molecule has 0 bridgehead atoms. The highest BCUT2D eigenvalue weighted by Gasteiger charge is 2.36. The quantitative estimate of drug-likeness (QED) is 0.671. The number of Topliss-reactive ketones (excluding diaryl/α,β-unsaturated/α-hetero) is 1. The lowest BCUT2D eigenvalue weighted by atomic mass is 10.1. The van der Waals surface area contributed by atoms with E-state index < -0.39 is 0 Å². The molecule has 3 rings (SSSR count). The summed E-state index contributed by atoms with van der Waals surface area (Å²) in [5.74, 6) is 0.527. The highest BCUT2D eigenvalue weighted by Crippen LogP contribution is 2.35. The highest BCUT2D eigenvalue weighted by atomic mass is 35.5. The van der Waals surface area contributed by atoms with Crippen molar-refractivity contribution in [2.75, 3.05) is 18.0 Å². The topological polar surface area (TPSA) is 32.7 Å². The van der Waals surface area contributed by atoms with E-state index in [-0.39, 0.29) is 5.78 Å². The van der Waals surface area contributed by atoms with Gasteiger partial charge in [-0.05, 0) is 18.6 Å². The first kappa shape index (κ1) is 8.92. The maximum Gasteiger partial charge on any atom is 0.231 e. The smallest absolute Gasteiger partial charge is 0.231 e. The average molecular weight is 221 g/mol. The number of hydrogen-bond acceptors (Lipinski definition) is 3. The minimum atomic E-state index is -0.0321. The van der Waals surface area contributed by atoms with Gasteiger partial charge in [0.25, 0.3) is 0 Å². The highest BCUT2D eigenvalue weighted by molar-refractivity contribution is 6.57. The molecule has 2 aliphatic heterocycles. The molecule has 0 aliphatic carbocycles. The van der Waals surface area contributed by atoms with E-state index in [1.807, 2.05) is 17.0 Å². The minimum Gasteiger partial charge on any atom is -0.323 e. The van der Waals surface area contributed by atoms with Gasteiger partial charge in [0.15, 0.2) is 5.84 Å². The van der Waals surface area contributed by atoms with Gasteiger partial charge in [0.2, 0.25) is 5.78 Å². The second-order valence-electron chi connectivity index (χ2n) is 3.67. The van der Waals surface area contributed by atoms with Gasteiger partial charge < -0.3 is 4.90 Å². The van der Waals surface area contributed by atoms with Crippen LogP contribution in [0, 0.1) is 0 Å². The largest absolute Gasteiger partial charge is 0.323 e. The number of amidine groups is 1. The number of carbonyl (C=O) groups is 1. The lowest BCUT2D eigenvalue weighted by Crippen LogP contribution is -2.34. The Morgan fingerprint density at radius 3 is 3.13 bits per heavy atom. The SMILES string of the molecule is O=C1C2=NCCCN2c2cccc(Cl)c21. The maximum atomic E-state index is 12.0. The van der Waals surface area contributed by atoms with Crippen LogP contribution >= 0.6 is 11.6 Å². The second kappa shape index (κ2) is 3.07. The first-order valence-corrected chi connectivity index (χ1v) is 5.32. The van der Waals surface area contributed by atoms with E-state index in [0.29, 0.717) is 16.4 Å². The van der Waals surface area contributed by atoms with E-state index in [9.17, 15) is 4.79 Å². The van der Waals surface area contributed by atoms with Gasteiger partial charge in [-0.25, -0.2) is 0 Å². The van der Waals surface area contributed by atoms with E-state index in [1.165, 1.54) is 0 Å². The predicted molar refractivity (Wildman–Crippen MR) is 60.0 cm³/mol. The van der Waals surface area contributed by atoms with Gasteiger partial charge in [-0.3, -0.25) is 9.79 Å². The molecule has 0 saturated carbocycles. The van der Waals surface area contributed by atoms with Crippen LogP contribution in [-0.4, -0.2) is 24.7 Å². The van der Waals surface area contributed by atoms with E-state index in [0.717, 1.165) is 25.2 Å². The molecule has 0 fully saturated rings. The van der Waals surface area contributed by atoms with Gasteiger partial charge in [-0.2, -0.15) is 0 Å². The lowest BCUT2D eigenvalue weighted by molar-refractivity contribution is 0.106. The number of rotatable bonds is 0. The molecule has 0 aromatic heterocycles. The lowest BCUT2D eigenvalue weighted by Gasteiger charge is -2.22. The molecule has 0 saturated heterocycles. The number of hydrogen-bond donors (Lipinski definition) is 0. The Morgan fingerprint density at radius 1 is 1.40 bits per heavy atom. The van der Waals surface area contributed by atoms with Gasteiger partial charge in [0, 0.05) is 13.1 Å². The van der Waals surface area contributed by atoms with Crippen molar-refractivity contribution in [3.05, 3.63) is 28.8 Å². The summed E-state index contributed by atoms with van der Waals surface area (Å²) in [6, 6.07) is 5.54. The molecular formula is C11H9ClN2O. The number of carbonyl (C=O) groups excluding carboxylic acids is 1. The van der Waals surface area contributed by atoms with Crippen LogP contribution in [0.4, 0.5) is 5.69 Å². The Hall–Kier alpha value is -1.35. The van der Waals surface area contributed by atoms with Crippen molar-refractivity contribution in [2.24, 2.45) is 4.99 Å². The summed E-state index contributed by atoms with van der Waals surface area (Å²) in [5, 5.41) is 0.523. The van der Waals surface area contributed by atoms with Crippen molar-refractivity contribution in [1.29, 1.82) is 0 Å². The van der Waals surface area contributed by atoms with Crippen molar-refractivity contribution in [3.8, 4) is 0 Å². The number of nitrogens with zero attached hydrogens (tertiary/aromatic N) is 2. The van der Waals surface area contributed by atoms with Gasteiger partial charge >= 0.3 is 0 Å². The Balaban J connectivity index is 2.25. The molecule has 0 spiro atoms. The Bertz CT molecular complexity index is 481. The van der Waals surface area contributed by atoms with Crippen molar-refractivity contribution in [2.45, 2.75) is 6.42 Å². The fourth-order valence-corrected chi connectivity index (χ4v) is 2.36. The van der Waals surface area contributed by atoms with Crippen LogP contribution in [0.1, 0.15) is 16.8 Å². The molecule has 0 radical (unpaired) electrons. The number of halogens is 1. The Labute approximate surface area is 92.4 Å². The third kappa shape index (κ3) is 1.13. The molecule has 76 valence electrons. The Kier molecular flexibility index (Phi) is 1.83. The Morgan fingerprint density at radius 2 is 2.27 bits per heavy atom. The van der Waals surface area contributed by atoms with Crippen molar-refractivity contribution >= 4 is 28.9 Å². The summed E-state index contributed by atoms with van der Waals surface area (Å²) in [7, 11) is 0. The van der Waals surface area contributed by atoms with E-state index >= 15 is 0 Å². The molecule has 1 aromatic rings. The van der Waals surface area contributed by atoms with Crippen molar-refractivity contribution in [1.82, 2.24) is 0 Å². The van der Waals surface area contributed by atoms with Gasteiger partial charge in [0.1, 0.15) is 0 Å². The number of aliphatic imine (C=N–C) groups is 1. The molecule has 2 aliphatic rings. The van der Waals surface area contributed by atoms with Crippen LogP contribution < -0.4 is 4.90 Å². The monoisotopic (exact) mass is 220 g/mol. The zero-order chi connectivity index (χ0) is 10.4. The summed E-state index contributed by atoms with van der Waals surface area (Å²) < 4.78 is 0. The summed E-state index contributed by atoms with van der Waals surface area (Å²) in [5.41, 5.74) is 1.52. The zero-order valence-electron chi connectivity index (χ0n) is 8.03. The minimum absolute atomic E-state index is 0.0321. The van der Waals surface area contributed by atoms with Crippen LogP contribution in [-0.2, 0) is 0 Å². The average Bonchev–Trinajstić information content (AvgIpc) is 2.55. The van der Waals surface area contributed by atoms with E-state index in [1.54, 1.807) is 6.07 Å². The molecule has 1 aromatic carbocycles. The molecular weight excluding hydrogens is 212 g/mol. The normalized spacial score (nSPS) is 18.6. The number of benzene rings is 1. The maximum absolute atomic E-state index is 12.0. The molecule has 0 unspecified atom stereocenters. The van der Waals surface area contributed by atoms with Crippen molar-refractivity contribution in [3.63, 3.8) is 0 Å². The summed E-state index contributed by atoms with van der Waals surface area (Å²) in [4.78, 5) is 18.2. The summed E-state index contributed by atoms with van der Waals surface area (Å²) in [6.07, 6.45) is 0.989. The fraction of sp³-hybridized carbons (Fsp3) is 0.273. The third-order valence-electron chi connectivity index (χ3n) is 2.77. The summed E-state index contributed by atoms with van der Waals surface area (Å²) in [6.45, 7) is 1.60. The number of anilines is 1. The van der Waals surface area contributed by atoms with Crippen LogP contribution in [0.25, 0.3) is 0 Å². The first-order chi connectivity index (χ1) is 7.29. The molecule has 0 atom stereocenters. The van der Waals surface area contributed by atoms with E-state index in [2.05, 4.69) is 4.99 Å². The third-order valence-corrected chi connectivity index (χ3v) is 3.08. The molecule has 2 heterocycles. The summed E-state index contributed by atoms with van der Waals surface area (Å²) >= 11 is 6.03. The van der Waals surface area contributed by atoms with Crippen molar-refractivity contribution < 1.29 is 4.79 Å². The number of ketones is 1. The van der Waals surface area contributed by atoms with E-state index in [4.69, 9.17) is 11.6 Å². The van der Waals surface area contributed by atoms with Crippen LogP contribution in [0.5, 0.6) is 0 Å². The van der Waals surface area contributed by atoms with Gasteiger partial charge in [0.05, 0.1) is 16.3 Å². The van der Waals surface area contributed by atoms with Crippen LogP contribution in [0.3, 0.4) is 0 Å². The van der Waals surface area contributed by atoms with Gasteiger partial charge in [-0.1, -0.05) is 17.7 Å². The zero-order valence-corrected chi connectivity index (χ0v) is 8.79. The molecule has 0 N–H and O–H groups in total. The molecule has 0 amide bonds. The number of fused-ring (bicyclic) bond motifs is 3. The fourth-order valence-electron chi connectivity index (χ4n) is 2.11. The molecule has 3 nitrogen and oxygen atoms in total. The van der Waals surface area contributed by atoms with Gasteiger partial charge in [-0.15, -0.1) is 0 Å². The molecule has 15 heavy (non-hydrogen) atoms. The van der Waals surface area contributed by atoms with Crippen LogP contribution in [0.2, 0.25) is 5.02 Å². The first-order valence-electron chi connectivity index (χ1n) is 4.94. The standard InChI is InChI=1S/C11H9ClN2O/c12-7-3-1-4-8-9(7)10(15)11-13-5-2-6-14(8)11/h1,3-4H,2,5-6H2. The predicted octanol–water partition coefficient (Wildman–Crippen LogP) is 2.14.